The highest BCUT2D eigenvalue weighted by Crippen LogP contribution is 2.42. The molecule has 1 aromatic rings. The van der Waals surface area contributed by atoms with E-state index in [1.807, 2.05) is 24.3 Å². The largest absolute Gasteiger partial charge is 0.497 e. The van der Waals surface area contributed by atoms with E-state index in [1.54, 1.807) is 14.0 Å². The maximum Gasteiger partial charge on any atom is 0.407 e. The Bertz CT molecular complexity index is 654. The van der Waals surface area contributed by atoms with Crippen molar-refractivity contribution >= 4 is 12.0 Å². The lowest BCUT2D eigenvalue weighted by atomic mass is 9.78. The maximum absolute atomic E-state index is 13.3. The summed E-state index contributed by atoms with van der Waals surface area (Å²) in [6.07, 6.45) is 4.04. The van der Waals surface area contributed by atoms with E-state index in [1.165, 1.54) is 0 Å². The fraction of sp³-hybridized carbons (Fsp3) is 0.636. The van der Waals surface area contributed by atoms with Crippen molar-refractivity contribution in [3.63, 3.8) is 0 Å². The predicted molar refractivity (Wildman–Crippen MR) is 110 cm³/mol. The van der Waals surface area contributed by atoms with Gasteiger partial charge in [-0.25, -0.2) is 4.79 Å². The van der Waals surface area contributed by atoms with Crippen LogP contribution in [0.15, 0.2) is 24.3 Å². The minimum atomic E-state index is -0.527. The van der Waals surface area contributed by atoms with E-state index >= 15 is 0 Å². The molecule has 1 saturated carbocycles. The number of nitrogens with one attached hydrogen (secondary N) is 2. The smallest absolute Gasteiger partial charge is 0.407 e. The third-order valence-electron chi connectivity index (χ3n) is 5.38. The van der Waals surface area contributed by atoms with Crippen LogP contribution in [0.25, 0.3) is 0 Å². The lowest BCUT2D eigenvalue weighted by molar-refractivity contribution is -0.126. The van der Waals surface area contributed by atoms with Crippen LogP contribution in [0.1, 0.15) is 58.4 Å². The molecular formula is C22H34N2O4. The Morgan fingerprint density at radius 1 is 1.21 bits per heavy atom. The van der Waals surface area contributed by atoms with Gasteiger partial charge in [-0.15, -0.1) is 0 Å². The van der Waals surface area contributed by atoms with Crippen molar-refractivity contribution in [2.24, 2.45) is 5.92 Å². The highest BCUT2D eigenvalue weighted by atomic mass is 16.5. The Morgan fingerprint density at radius 2 is 1.93 bits per heavy atom. The van der Waals surface area contributed by atoms with E-state index in [0.717, 1.165) is 43.4 Å². The van der Waals surface area contributed by atoms with Gasteiger partial charge in [-0.1, -0.05) is 38.8 Å². The van der Waals surface area contributed by atoms with Crippen LogP contribution >= 0.6 is 0 Å². The summed E-state index contributed by atoms with van der Waals surface area (Å²) < 4.78 is 10.4. The van der Waals surface area contributed by atoms with E-state index in [0.29, 0.717) is 19.1 Å². The van der Waals surface area contributed by atoms with Gasteiger partial charge in [0.2, 0.25) is 5.91 Å². The fourth-order valence-corrected chi connectivity index (χ4v) is 4.03. The summed E-state index contributed by atoms with van der Waals surface area (Å²) in [5.41, 5.74) is 0.474. The first-order valence-electron chi connectivity index (χ1n) is 10.3. The van der Waals surface area contributed by atoms with Crippen molar-refractivity contribution in [1.82, 2.24) is 10.6 Å². The number of hydrogen-bond acceptors (Lipinski definition) is 4. The van der Waals surface area contributed by atoms with Gasteiger partial charge in [-0.05, 0) is 49.8 Å². The van der Waals surface area contributed by atoms with Crippen LogP contribution in [-0.4, -0.2) is 38.3 Å². The van der Waals surface area contributed by atoms with Gasteiger partial charge in [0, 0.05) is 12.6 Å². The Morgan fingerprint density at radius 3 is 2.54 bits per heavy atom. The second-order valence-electron chi connectivity index (χ2n) is 7.92. The molecule has 1 fully saturated rings. The number of methoxy groups -OCH3 is 1. The fourth-order valence-electron chi connectivity index (χ4n) is 4.03. The van der Waals surface area contributed by atoms with E-state index in [4.69, 9.17) is 9.47 Å². The molecule has 28 heavy (non-hydrogen) atoms. The lowest BCUT2D eigenvalue weighted by Gasteiger charge is -2.30. The van der Waals surface area contributed by atoms with Crippen LogP contribution in [0, 0.1) is 5.92 Å². The SMILES string of the molecule is CCOC(=O)NC(CNC(=O)C1(c2cccc(OC)c2)CCCC1)CC(C)C. The van der Waals surface area contributed by atoms with Crippen LogP contribution < -0.4 is 15.4 Å². The van der Waals surface area contributed by atoms with Crippen molar-refractivity contribution in [1.29, 1.82) is 0 Å². The van der Waals surface area contributed by atoms with E-state index in [2.05, 4.69) is 24.5 Å². The number of alkyl carbamates (subject to hydrolysis) is 1. The molecule has 1 aliphatic carbocycles. The van der Waals surface area contributed by atoms with Crippen LogP contribution in [0.3, 0.4) is 0 Å². The number of rotatable bonds is 9. The third-order valence-corrected chi connectivity index (χ3v) is 5.38. The molecule has 1 unspecified atom stereocenters. The second kappa shape index (κ2) is 10.3. The molecule has 0 radical (unpaired) electrons. The normalized spacial score (nSPS) is 16.5. The standard InChI is InChI=1S/C22H34N2O4/c1-5-28-21(26)24-18(13-16(2)3)15-23-20(25)22(11-6-7-12-22)17-9-8-10-19(14-17)27-4/h8-10,14,16,18H,5-7,11-13,15H2,1-4H3,(H,23,25)(H,24,26). The molecule has 156 valence electrons. The molecule has 2 rings (SSSR count). The average molecular weight is 391 g/mol. The molecule has 0 aromatic heterocycles. The number of carbonyl (C=O) groups is 2. The van der Waals surface area contributed by atoms with E-state index in [-0.39, 0.29) is 11.9 Å². The van der Waals surface area contributed by atoms with Crippen LogP contribution in [0.5, 0.6) is 5.75 Å². The highest BCUT2D eigenvalue weighted by molar-refractivity contribution is 5.88. The quantitative estimate of drug-likeness (QED) is 0.673. The molecule has 0 bridgehead atoms. The molecule has 1 aromatic carbocycles. The predicted octanol–water partition coefficient (Wildman–Crippen LogP) is 3.78. The molecule has 0 aliphatic heterocycles. The molecule has 2 amide bonds. The third kappa shape index (κ3) is 5.63. The number of hydrogen-bond donors (Lipinski definition) is 2. The molecule has 0 saturated heterocycles. The van der Waals surface area contributed by atoms with Gasteiger partial charge in [0.1, 0.15) is 5.75 Å². The highest BCUT2D eigenvalue weighted by Gasteiger charge is 2.42. The zero-order valence-corrected chi connectivity index (χ0v) is 17.5. The zero-order valence-electron chi connectivity index (χ0n) is 17.5. The molecule has 1 atom stereocenters. The Balaban J connectivity index is 2.10. The molecule has 0 spiro atoms. The minimum absolute atomic E-state index is 0.0256. The van der Waals surface area contributed by atoms with Crippen molar-refractivity contribution in [2.75, 3.05) is 20.3 Å². The van der Waals surface area contributed by atoms with Crippen molar-refractivity contribution in [3.05, 3.63) is 29.8 Å². The molecular weight excluding hydrogens is 356 g/mol. The summed E-state index contributed by atoms with van der Waals surface area (Å²) in [7, 11) is 1.64. The molecule has 6 heteroatoms. The summed E-state index contributed by atoms with van der Waals surface area (Å²) in [6.45, 7) is 6.68. The van der Waals surface area contributed by atoms with Gasteiger partial charge >= 0.3 is 6.09 Å². The number of carbonyl (C=O) groups excluding carboxylic acids is 2. The zero-order chi connectivity index (χ0) is 20.6. The second-order valence-corrected chi connectivity index (χ2v) is 7.92. The number of ether oxygens (including phenoxy) is 2. The summed E-state index contributed by atoms with van der Waals surface area (Å²) >= 11 is 0. The first-order chi connectivity index (χ1) is 13.4. The monoisotopic (exact) mass is 390 g/mol. The van der Waals surface area contributed by atoms with Gasteiger partial charge in [-0.3, -0.25) is 4.79 Å². The van der Waals surface area contributed by atoms with Crippen molar-refractivity contribution < 1.29 is 19.1 Å². The minimum Gasteiger partial charge on any atom is -0.497 e. The summed E-state index contributed by atoms with van der Waals surface area (Å²) in [5.74, 6) is 1.18. The first-order valence-corrected chi connectivity index (χ1v) is 10.3. The van der Waals surface area contributed by atoms with Crippen LogP contribution in [0.4, 0.5) is 4.79 Å². The van der Waals surface area contributed by atoms with Gasteiger partial charge in [0.15, 0.2) is 0 Å². The van der Waals surface area contributed by atoms with Gasteiger partial charge in [0.25, 0.3) is 0 Å². The first kappa shape index (κ1) is 22.1. The Labute approximate surface area is 168 Å². The van der Waals surface area contributed by atoms with Crippen LogP contribution in [0.2, 0.25) is 0 Å². The summed E-state index contributed by atoms with van der Waals surface area (Å²) in [5, 5.41) is 5.97. The Hall–Kier alpha value is -2.24. The molecule has 1 aliphatic rings. The van der Waals surface area contributed by atoms with Crippen molar-refractivity contribution in [3.8, 4) is 5.75 Å². The van der Waals surface area contributed by atoms with E-state index in [9.17, 15) is 9.59 Å². The number of amides is 2. The van der Waals surface area contributed by atoms with Crippen molar-refractivity contribution in [2.45, 2.75) is 64.3 Å². The molecule has 0 heterocycles. The van der Waals surface area contributed by atoms with Gasteiger partial charge in [-0.2, -0.15) is 0 Å². The van der Waals surface area contributed by atoms with Gasteiger partial charge in [0.05, 0.1) is 19.1 Å². The van der Waals surface area contributed by atoms with Crippen LogP contribution in [-0.2, 0) is 14.9 Å². The summed E-state index contributed by atoms with van der Waals surface area (Å²) in [4.78, 5) is 25.1. The molecule has 2 N–H and O–H groups in total. The Kier molecular flexibility index (Phi) is 8.15. The average Bonchev–Trinajstić information content (AvgIpc) is 3.17. The molecule has 6 nitrogen and oxygen atoms in total. The van der Waals surface area contributed by atoms with E-state index < -0.39 is 11.5 Å². The maximum atomic E-state index is 13.3. The van der Waals surface area contributed by atoms with Gasteiger partial charge < -0.3 is 20.1 Å². The lowest BCUT2D eigenvalue weighted by Crippen LogP contribution is -2.49. The summed E-state index contributed by atoms with van der Waals surface area (Å²) in [6, 6.07) is 7.65. The topological polar surface area (TPSA) is 76.7 Å². The number of benzene rings is 1.